The average molecular weight is 548 g/mol. The molecule has 0 saturated carbocycles. The van der Waals surface area contributed by atoms with E-state index < -0.39 is 18.2 Å². The van der Waals surface area contributed by atoms with Gasteiger partial charge in [0, 0.05) is 0 Å². The van der Waals surface area contributed by atoms with Crippen LogP contribution in [-0.4, -0.2) is 46.1 Å². The molecule has 0 aromatic rings. The van der Waals surface area contributed by atoms with Gasteiger partial charge in [-0.2, -0.15) is 0 Å². The highest BCUT2D eigenvalue weighted by atomic mass is 16.3. The Morgan fingerprint density at radius 1 is 0.641 bits per heavy atom. The van der Waals surface area contributed by atoms with E-state index in [0.717, 1.165) is 57.8 Å². The molecular formula is C34H61NO4. The highest BCUT2D eigenvalue weighted by Crippen LogP contribution is 2.12. The van der Waals surface area contributed by atoms with Crippen molar-refractivity contribution in [2.24, 2.45) is 0 Å². The zero-order valence-corrected chi connectivity index (χ0v) is 25.2. The molecule has 0 rings (SSSR count). The molecule has 0 aromatic heterocycles. The first kappa shape index (κ1) is 37.3. The fraction of sp³-hybridized carbons (Fsp3) is 0.735. The van der Waals surface area contributed by atoms with Crippen LogP contribution in [0.1, 0.15) is 136 Å². The molecule has 5 heteroatoms. The minimum atomic E-state index is -0.959. The molecule has 3 atom stereocenters. The second kappa shape index (κ2) is 29.3. The Balaban J connectivity index is 3.89. The molecule has 0 radical (unpaired) electrons. The van der Waals surface area contributed by atoms with E-state index in [1.54, 1.807) is 6.08 Å². The molecule has 0 aromatic carbocycles. The van der Waals surface area contributed by atoms with E-state index in [-0.39, 0.29) is 18.9 Å². The van der Waals surface area contributed by atoms with Crippen molar-refractivity contribution in [2.45, 2.75) is 154 Å². The van der Waals surface area contributed by atoms with Gasteiger partial charge in [0.25, 0.3) is 0 Å². The summed E-state index contributed by atoms with van der Waals surface area (Å²) >= 11 is 0. The summed E-state index contributed by atoms with van der Waals surface area (Å²) < 4.78 is 0. The summed E-state index contributed by atoms with van der Waals surface area (Å²) in [6.45, 7) is 4.06. The van der Waals surface area contributed by atoms with Crippen molar-refractivity contribution in [3.8, 4) is 0 Å². The van der Waals surface area contributed by atoms with Crippen LogP contribution in [0.3, 0.4) is 0 Å². The third-order valence-electron chi connectivity index (χ3n) is 6.80. The van der Waals surface area contributed by atoms with Crippen LogP contribution in [0.5, 0.6) is 0 Å². The fourth-order valence-corrected chi connectivity index (χ4v) is 4.31. The SMILES string of the molecule is CCC/C=C/CC/C=C/CC/C=C/C(O)C(CO)NC(=O)CC(O)CCCCCCC/C=C\CCCCCC. The van der Waals surface area contributed by atoms with Crippen molar-refractivity contribution in [1.82, 2.24) is 5.32 Å². The molecule has 4 N–H and O–H groups in total. The molecule has 1 amide bonds. The van der Waals surface area contributed by atoms with Gasteiger partial charge in [0.05, 0.1) is 31.3 Å². The van der Waals surface area contributed by atoms with E-state index in [9.17, 15) is 20.1 Å². The van der Waals surface area contributed by atoms with Gasteiger partial charge >= 0.3 is 0 Å². The highest BCUT2D eigenvalue weighted by Gasteiger charge is 2.19. The van der Waals surface area contributed by atoms with Crippen molar-refractivity contribution in [3.05, 3.63) is 48.6 Å². The molecule has 0 aliphatic carbocycles. The van der Waals surface area contributed by atoms with Gasteiger partial charge in [-0.05, 0) is 64.2 Å². The van der Waals surface area contributed by atoms with Gasteiger partial charge in [-0.3, -0.25) is 4.79 Å². The lowest BCUT2D eigenvalue weighted by Crippen LogP contribution is -2.45. The van der Waals surface area contributed by atoms with Crippen molar-refractivity contribution >= 4 is 5.91 Å². The summed E-state index contributed by atoms with van der Waals surface area (Å²) in [7, 11) is 0. The van der Waals surface area contributed by atoms with Gasteiger partial charge in [-0.15, -0.1) is 0 Å². The zero-order valence-electron chi connectivity index (χ0n) is 25.2. The molecule has 5 nitrogen and oxygen atoms in total. The summed E-state index contributed by atoms with van der Waals surface area (Å²) in [5.41, 5.74) is 0. The number of rotatable bonds is 27. The highest BCUT2D eigenvalue weighted by molar-refractivity contribution is 5.76. The Kier molecular flexibility index (Phi) is 28.0. The number of carbonyl (C=O) groups excluding carboxylic acids is 1. The largest absolute Gasteiger partial charge is 0.394 e. The Morgan fingerprint density at radius 3 is 1.74 bits per heavy atom. The summed E-state index contributed by atoms with van der Waals surface area (Å²) in [5, 5.41) is 32.8. The number of hydrogen-bond donors (Lipinski definition) is 4. The quantitative estimate of drug-likeness (QED) is 0.0622. The van der Waals surface area contributed by atoms with Crippen LogP contribution in [0.15, 0.2) is 48.6 Å². The number of carbonyl (C=O) groups is 1. The molecule has 0 saturated heterocycles. The monoisotopic (exact) mass is 547 g/mol. The lowest BCUT2D eigenvalue weighted by atomic mass is 10.0. The first-order valence-electron chi connectivity index (χ1n) is 15.9. The summed E-state index contributed by atoms with van der Waals surface area (Å²) in [6.07, 6.45) is 35.1. The van der Waals surface area contributed by atoms with E-state index in [1.165, 1.54) is 51.4 Å². The Labute approximate surface area is 240 Å². The summed E-state index contributed by atoms with van der Waals surface area (Å²) in [6, 6.07) is -0.767. The van der Waals surface area contributed by atoms with Gasteiger partial charge in [0.15, 0.2) is 0 Å². The molecule has 226 valence electrons. The van der Waals surface area contributed by atoms with Gasteiger partial charge in [-0.25, -0.2) is 0 Å². The van der Waals surface area contributed by atoms with Gasteiger partial charge in [0.1, 0.15) is 0 Å². The van der Waals surface area contributed by atoms with E-state index in [4.69, 9.17) is 0 Å². The number of nitrogens with one attached hydrogen (secondary N) is 1. The predicted molar refractivity (Wildman–Crippen MR) is 167 cm³/mol. The van der Waals surface area contributed by atoms with Gasteiger partial charge in [0.2, 0.25) is 5.91 Å². The predicted octanol–water partition coefficient (Wildman–Crippen LogP) is 7.86. The van der Waals surface area contributed by atoms with Crippen LogP contribution in [0.25, 0.3) is 0 Å². The van der Waals surface area contributed by atoms with E-state index in [1.807, 2.05) is 6.08 Å². The zero-order chi connectivity index (χ0) is 28.8. The maximum Gasteiger partial charge on any atom is 0.222 e. The number of unbranched alkanes of at least 4 members (excludes halogenated alkanes) is 12. The minimum Gasteiger partial charge on any atom is -0.394 e. The Morgan fingerprint density at radius 2 is 1.15 bits per heavy atom. The first-order valence-corrected chi connectivity index (χ1v) is 15.9. The van der Waals surface area contributed by atoms with Crippen LogP contribution in [0.4, 0.5) is 0 Å². The second-order valence-corrected chi connectivity index (χ2v) is 10.7. The van der Waals surface area contributed by atoms with Crippen LogP contribution >= 0.6 is 0 Å². The van der Waals surface area contributed by atoms with Gasteiger partial charge < -0.3 is 20.6 Å². The third-order valence-corrected chi connectivity index (χ3v) is 6.80. The molecule has 0 aliphatic heterocycles. The summed E-state index contributed by atoms with van der Waals surface area (Å²) in [4.78, 5) is 12.3. The van der Waals surface area contributed by atoms with Crippen LogP contribution in [0.2, 0.25) is 0 Å². The summed E-state index contributed by atoms with van der Waals surface area (Å²) in [5.74, 6) is -0.341. The van der Waals surface area contributed by atoms with Gasteiger partial charge in [-0.1, -0.05) is 114 Å². The maximum absolute atomic E-state index is 12.3. The number of aliphatic hydroxyl groups excluding tert-OH is 3. The maximum atomic E-state index is 12.3. The number of amides is 1. The molecule has 3 unspecified atom stereocenters. The average Bonchev–Trinajstić information content (AvgIpc) is 2.92. The first-order chi connectivity index (χ1) is 19.0. The molecule has 0 aliphatic rings. The lowest BCUT2D eigenvalue weighted by molar-refractivity contribution is -0.124. The number of allylic oxidation sites excluding steroid dienone is 7. The standard InChI is InChI=1S/C34H61NO4/c1-3-5-7-9-11-13-15-16-18-19-21-23-25-27-31(37)29-34(39)35-32(30-36)33(38)28-26-24-22-20-17-14-12-10-8-6-4-2/h8,10,13,15,17,20,26,28,31-33,36-38H,3-7,9,11-12,14,16,18-19,21-25,27,29-30H2,1-2H3,(H,35,39)/b10-8+,15-13-,20-17+,28-26+. The van der Waals surface area contributed by atoms with Crippen molar-refractivity contribution in [2.75, 3.05) is 6.61 Å². The molecular weight excluding hydrogens is 486 g/mol. The third kappa shape index (κ3) is 26.3. The Hall–Kier alpha value is -1.69. The smallest absolute Gasteiger partial charge is 0.222 e. The molecule has 0 fully saturated rings. The van der Waals surface area contributed by atoms with E-state index in [0.29, 0.717) is 6.42 Å². The number of aliphatic hydroxyl groups is 3. The van der Waals surface area contributed by atoms with Crippen LogP contribution in [0, 0.1) is 0 Å². The second-order valence-electron chi connectivity index (χ2n) is 10.7. The topological polar surface area (TPSA) is 89.8 Å². The molecule has 39 heavy (non-hydrogen) atoms. The van der Waals surface area contributed by atoms with E-state index in [2.05, 4.69) is 55.6 Å². The fourth-order valence-electron chi connectivity index (χ4n) is 4.31. The van der Waals surface area contributed by atoms with Crippen molar-refractivity contribution in [3.63, 3.8) is 0 Å². The number of hydrogen-bond acceptors (Lipinski definition) is 4. The molecule has 0 heterocycles. The van der Waals surface area contributed by atoms with E-state index >= 15 is 0 Å². The lowest BCUT2D eigenvalue weighted by Gasteiger charge is -2.20. The van der Waals surface area contributed by atoms with Crippen LogP contribution in [-0.2, 0) is 4.79 Å². The normalized spacial score (nSPS) is 14.7. The molecule has 0 spiro atoms. The molecule has 0 bridgehead atoms. The van der Waals surface area contributed by atoms with Crippen molar-refractivity contribution in [1.29, 1.82) is 0 Å². The Bertz CT molecular complexity index is 656. The van der Waals surface area contributed by atoms with Crippen LogP contribution < -0.4 is 5.32 Å². The minimum absolute atomic E-state index is 0.00554. The van der Waals surface area contributed by atoms with Crippen molar-refractivity contribution < 1.29 is 20.1 Å².